The quantitative estimate of drug-likeness (QED) is 0.774. The summed E-state index contributed by atoms with van der Waals surface area (Å²) in [5.74, 6) is 0. The molecule has 1 aliphatic heterocycles. The van der Waals surface area contributed by atoms with Gasteiger partial charge in [0, 0.05) is 31.7 Å². The highest BCUT2D eigenvalue weighted by molar-refractivity contribution is 5.74. The van der Waals surface area contributed by atoms with E-state index in [1.54, 1.807) is 0 Å². The fourth-order valence-electron chi connectivity index (χ4n) is 3.14. The number of nitrogens with one attached hydrogen (secondary N) is 2. The second-order valence-corrected chi connectivity index (χ2v) is 6.30. The van der Waals surface area contributed by atoms with Crippen LogP contribution in [0.4, 0.5) is 4.79 Å². The summed E-state index contributed by atoms with van der Waals surface area (Å²) < 4.78 is 0. The summed E-state index contributed by atoms with van der Waals surface area (Å²) in [5, 5.41) is 15.2. The molecule has 2 amide bonds. The normalized spacial score (nSPS) is 19.9. The number of rotatable bonds is 5. The molecule has 3 N–H and O–H groups in total. The van der Waals surface area contributed by atoms with Gasteiger partial charge in [-0.05, 0) is 36.8 Å². The Labute approximate surface area is 131 Å². The van der Waals surface area contributed by atoms with Crippen LogP contribution in [0.3, 0.4) is 0 Å². The minimum Gasteiger partial charge on any atom is -0.392 e. The number of hydrogen-bond acceptors (Lipinski definition) is 3. The molecule has 1 saturated heterocycles. The van der Waals surface area contributed by atoms with E-state index in [2.05, 4.69) is 15.5 Å². The number of carbonyl (C=O) groups excluding carboxylic acids is 1. The predicted molar refractivity (Wildman–Crippen MR) is 85.4 cm³/mol. The van der Waals surface area contributed by atoms with Gasteiger partial charge in [0.1, 0.15) is 0 Å². The van der Waals surface area contributed by atoms with Crippen LogP contribution in [-0.2, 0) is 13.2 Å². The molecule has 1 aliphatic carbocycles. The topological polar surface area (TPSA) is 64.6 Å². The minimum absolute atomic E-state index is 0.000894. The summed E-state index contributed by atoms with van der Waals surface area (Å²) in [6, 6.07) is 8.61. The first-order valence-electron chi connectivity index (χ1n) is 8.22. The highest BCUT2D eigenvalue weighted by Gasteiger charge is 2.32. The van der Waals surface area contributed by atoms with Crippen LogP contribution < -0.4 is 10.6 Å². The molecule has 120 valence electrons. The Balaban J connectivity index is 1.41. The Morgan fingerprint density at radius 1 is 1.14 bits per heavy atom. The molecule has 0 atom stereocenters. The van der Waals surface area contributed by atoms with Gasteiger partial charge in [0.25, 0.3) is 0 Å². The minimum atomic E-state index is -0.113. The predicted octanol–water partition coefficient (Wildman–Crippen LogP) is 1.60. The molecule has 5 heteroatoms. The molecule has 22 heavy (non-hydrogen) atoms. The smallest absolute Gasteiger partial charge is 0.315 e. The lowest BCUT2D eigenvalue weighted by molar-refractivity contribution is 0.186. The maximum Gasteiger partial charge on any atom is 0.315 e. The number of nitrogens with zero attached hydrogens (tertiary/aromatic N) is 1. The molecule has 2 aliphatic rings. The van der Waals surface area contributed by atoms with Crippen LogP contribution in [0.2, 0.25) is 0 Å². The van der Waals surface area contributed by atoms with Gasteiger partial charge in [-0.25, -0.2) is 4.79 Å². The summed E-state index contributed by atoms with van der Waals surface area (Å²) >= 11 is 0. The number of aliphatic hydroxyl groups is 1. The van der Waals surface area contributed by atoms with Crippen molar-refractivity contribution in [3.8, 4) is 0 Å². The first kappa shape index (κ1) is 15.3. The number of carbonyl (C=O) groups is 1. The van der Waals surface area contributed by atoms with E-state index in [0.717, 1.165) is 43.1 Å². The number of urea groups is 1. The molecule has 0 bridgehead atoms. The molecule has 0 unspecified atom stereocenters. The Morgan fingerprint density at radius 3 is 2.45 bits per heavy atom. The Bertz CT molecular complexity index is 508. The van der Waals surface area contributed by atoms with E-state index in [1.807, 2.05) is 24.3 Å². The van der Waals surface area contributed by atoms with Crippen LogP contribution in [0.15, 0.2) is 24.3 Å². The van der Waals surface area contributed by atoms with Crippen molar-refractivity contribution in [3.63, 3.8) is 0 Å². The van der Waals surface area contributed by atoms with Crippen molar-refractivity contribution in [2.45, 2.75) is 50.9 Å². The average Bonchev–Trinajstić information content (AvgIpc) is 3.39. The van der Waals surface area contributed by atoms with E-state index in [9.17, 15) is 9.90 Å². The third-order valence-electron chi connectivity index (χ3n) is 4.66. The molecular weight excluding hydrogens is 278 g/mol. The molecule has 1 heterocycles. The number of likely N-dealkylation sites (tertiary alicyclic amines) is 1. The van der Waals surface area contributed by atoms with E-state index in [4.69, 9.17) is 0 Å². The largest absolute Gasteiger partial charge is 0.392 e. The number of piperidine rings is 1. The first-order valence-corrected chi connectivity index (χ1v) is 8.22. The molecule has 0 spiro atoms. The molecule has 1 saturated carbocycles. The van der Waals surface area contributed by atoms with Crippen molar-refractivity contribution >= 4 is 6.03 Å². The van der Waals surface area contributed by atoms with Crippen LogP contribution >= 0.6 is 0 Å². The van der Waals surface area contributed by atoms with Gasteiger partial charge in [-0.3, -0.25) is 0 Å². The SMILES string of the molecule is O=C(NCc1ccccc1CO)NC1CCN(C2CC2)CC1. The summed E-state index contributed by atoms with van der Waals surface area (Å²) in [4.78, 5) is 14.6. The molecule has 1 aromatic carbocycles. The van der Waals surface area contributed by atoms with Gasteiger partial charge in [0.2, 0.25) is 0 Å². The maximum atomic E-state index is 12.0. The van der Waals surface area contributed by atoms with Gasteiger partial charge in [-0.2, -0.15) is 0 Å². The lowest BCUT2D eigenvalue weighted by Crippen LogP contribution is -2.48. The lowest BCUT2D eigenvalue weighted by Gasteiger charge is -2.32. The lowest BCUT2D eigenvalue weighted by atomic mass is 10.1. The van der Waals surface area contributed by atoms with E-state index >= 15 is 0 Å². The van der Waals surface area contributed by atoms with E-state index in [0.29, 0.717) is 6.54 Å². The van der Waals surface area contributed by atoms with Crippen LogP contribution in [0, 0.1) is 0 Å². The average molecular weight is 303 g/mol. The third kappa shape index (κ3) is 3.99. The van der Waals surface area contributed by atoms with Gasteiger partial charge < -0.3 is 20.6 Å². The van der Waals surface area contributed by atoms with Crippen molar-refractivity contribution in [1.29, 1.82) is 0 Å². The van der Waals surface area contributed by atoms with Gasteiger partial charge in [0.05, 0.1) is 6.61 Å². The Hall–Kier alpha value is -1.59. The Kier molecular flexibility index (Phi) is 4.95. The van der Waals surface area contributed by atoms with Crippen LogP contribution in [0.1, 0.15) is 36.8 Å². The van der Waals surface area contributed by atoms with E-state index in [-0.39, 0.29) is 18.7 Å². The fraction of sp³-hybridized carbons (Fsp3) is 0.588. The summed E-state index contributed by atoms with van der Waals surface area (Å²) in [5.41, 5.74) is 1.82. The first-order chi connectivity index (χ1) is 10.8. The molecule has 5 nitrogen and oxygen atoms in total. The zero-order valence-corrected chi connectivity index (χ0v) is 12.9. The van der Waals surface area contributed by atoms with Gasteiger partial charge >= 0.3 is 6.03 Å². The molecule has 2 fully saturated rings. The summed E-state index contributed by atoms with van der Waals surface area (Å²) in [7, 11) is 0. The van der Waals surface area contributed by atoms with Crippen LogP contribution in [0.5, 0.6) is 0 Å². The molecular formula is C17H25N3O2. The van der Waals surface area contributed by atoms with Crippen molar-refractivity contribution in [2.75, 3.05) is 13.1 Å². The van der Waals surface area contributed by atoms with Crippen molar-refractivity contribution in [1.82, 2.24) is 15.5 Å². The zero-order chi connectivity index (χ0) is 15.4. The standard InChI is InChI=1S/C17H25N3O2/c21-12-14-4-2-1-3-13(14)11-18-17(22)19-15-7-9-20(10-8-15)16-5-6-16/h1-4,15-16,21H,5-12H2,(H2,18,19,22). The summed E-state index contributed by atoms with van der Waals surface area (Å²) in [6.45, 7) is 2.65. The van der Waals surface area contributed by atoms with E-state index < -0.39 is 0 Å². The Morgan fingerprint density at radius 2 is 1.82 bits per heavy atom. The highest BCUT2D eigenvalue weighted by atomic mass is 16.3. The molecule has 1 aromatic rings. The highest BCUT2D eigenvalue weighted by Crippen LogP contribution is 2.29. The maximum absolute atomic E-state index is 12.0. The summed E-state index contributed by atoms with van der Waals surface area (Å²) in [6.07, 6.45) is 4.78. The van der Waals surface area contributed by atoms with Crippen molar-refractivity contribution in [3.05, 3.63) is 35.4 Å². The third-order valence-corrected chi connectivity index (χ3v) is 4.66. The van der Waals surface area contributed by atoms with Gasteiger partial charge in [-0.15, -0.1) is 0 Å². The van der Waals surface area contributed by atoms with Gasteiger partial charge in [0.15, 0.2) is 0 Å². The second-order valence-electron chi connectivity index (χ2n) is 6.30. The molecule has 3 rings (SSSR count). The zero-order valence-electron chi connectivity index (χ0n) is 12.9. The number of amides is 2. The molecule has 0 aromatic heterocycles. The molecule has 0 radical (unpaired) electrons. The van der Waals surface area contributed by atoms with Gasteiger partial charge in [-0.1, -0.05) is 24.3 Å². The van der Waals surface area contributed by atoms with Crippen LogP contribution in [0.25, 0.3) is 0 Å². The fourth-order valence-corrected chi connectivity index (χ4v) is 3.14. The monoisotopic (exact) mass is 303 g/mol. The van der Waals surface area contributed by atoms with Crippen molar-refractivity contribution < 1.29 is 9.90 Å². The number of hydrogen-bond donors (Lipinski definition) is 3. The van der Waals surface area contributed by atoms with E-state index in [1.165, 1.54) is 12.8 Å². The number of aliphatic hydroxyl groups excluding tert-OH is 1. The number of benzene rings is 1. The second kappa shape index (κ2) is 7.11. The van der Waals surface area contributed by atoms with Crippen molar-refractivity contribution in [2.24, 2.45) is 0 Å². The van der Waals surface area contributed by atoms with Crippen LogP contribution in [-0.4, -0.2) is 41.2 Å².